The third kappa shape index (κ3) is 3.51. The van der Waals surface area contributed by atoms with Crippen molar-refractivity contribution in [3.63, 3.8) is 0 Å². The minimum Gasteiger partial charge on any atom is -0.348 e. The molecule has 1 saturated carbocycles. The van der Waals surface area contributed by atoms with Crippen LogP contribution in [0.15, 0.2) is 54.7 Å². The molecule has 0 unspecified atom stereocenters. The van der Waals surface area contributed by atoms with Crippen molar-refractivity contribution in [1.29, 1.82) is 0 Å². The number of amides is 1. The topological polar surface area (TPSA) is 88.5 Å². The number of rotatable bonds is 5. The smallest absolute Gasteiger partial charge is 0.272 e. The Labute approximate surface area is 168 Å². The summed E-state index contributed by atoms with van der Waals surface area (Å²) in [4.78, 5) is 13.3. The fourth-order valence-corrected chi connectivity index (χ4v) is 4.01. The van der Waals surface area contributed by atoms with E-state index in [0.717, 1.165) is 47.7 Å². The first kappa shape index (κ1) is 17.6. The van der Waals surface area contributed by atoms with Crippen LogP contribution in [0.3, 0.4) is 0 Å². The van der Waals surface area contributed by atoms with Gasteiger partial charge in [0.05, 0.1) is 18.3 Å². The second kappa shape index (κ2) is 7.50. The summed E-state index contributed by atoms with van der Waals surface area (Å²) >= 11 is 0. The molecule has 1 fully saturated rings. The average Bonchev–Trinajstić information content (AvgIpc) is 3.49. The van der Waals surface area contributed by atoms with Crippen molar-refractivity contribution in [3.05, 3.63) is 66.0 Å². The van der Waals surface area contributed by atoms with E-state index in [-0.39, 0.29) is 11.9 Å². The van der Waals surface area contributed by atoms with E-state index >= 15 is 0 Å². The highest BCUT2D eigenvalue weighted by atomic mass is 16.2. The van der Waals surface area contributed by atoms with Gasteiger partial charge in [-0.25, -0.2) is 4.68 Å². The molecule has 0 bridgehead atoms. The van der Waals surface area contributed by atoms with Crippen LogP contribution in [0.2, 0.25) is 0 Å². The molecule has 0 radical (unpaired) electrons. The maximum absolute atomic E-state index is 13.3. The number of benzene rings is 2. The summed E-state index contributed by atoms with van der Waals surface area (Å²) in [5, 5.41) is 19.9. The first-order valence-electron chi connectivity index (χ1n) is 10.00. The summed E-state index contributed by atoms with van der Waals surface area (Å²) in [6.07, 6.45) is 6.16. The molecule has 146 valence electrons. The molecule has 1 aliphatic carbocycles. The zero-order valence-electron chi connectivity index (χ0n) is 16.0. The molecule has 2 N–H and O–H groups in total. The Bertz CT molecular complexity index is 1140. The number of nitrogens with one attached hydrogen (secondary N) is 2. The van der Waals surface area contributed by atoms with Crippen LogP contribution >= 0.6 is 0 Å². The Morgan fingerprint density at radius 1 is 1.14 bits per heavy atom. The molecule has 1 amide bonds. The van der Waals surface area contributed by atoms with Gasteiger partial charge in [0.15, 0.2) is 5.69 Å². The quantitative estimate of drug-likeness (QED) is 0.549. The first-order valence-corrected chi connectivity index (χ1v) is 10.00. The molecule has 0 saturated heterocycles. The van der Waals surface area contributed by atoms with Gasteiger partial charge < -0.3 is 5.32 Å². The second-order valence-corrected chi connectivity index (χ2v) is 7.56. The Balaban J connectivity index is 1.55. The van der Waals surface area contributed by atoms with Crippen molar-refractivity contribution < 1.29 is 4.79 Å². The number of H-pyrrole nitrogens is 1. The number of hydrogen-bond acceptors (Lipinski definition) is 4. The zero-order valence-corrected chi connectivity index (χ0v) is 16.0. The SMILES string of the molecule is O=C(NC1CCCC1)c1c(-c2ccc3[nH]ncc3c2)nnn1Cc1ccccc1. The van der Waals surface area contributed by atoms with E-state index in [1.165, 1.54) is 0 Å². The second-order valence-electron chi connectivity index (χ2n) is 7.56. The Morgan fingerprint density at radius 2 is 1.97 bits per heavy atom. The predicted molar refractivity (Wildman–Crippen MR) is 110 cm³/mol. The third-order valence-corrected chi connectivity index (χ3v) is 5.53. The summed E-state index contributed by atoms with van der Waals surface area (Å²) < 4.78 is 1.70. The van der Waals surface area contributed by atoms with Crippen LogP contribution < -0.4 is 5.32 Å². The van der Waals surface area contributed by atoms with E-state index < -0.39 is 0 Å². The molecule has 2 aromatic heterocycles. The van der Waals surface area contributed by atoms with E-state index in [2.05, 4.69) is 25.8 Å². The molecule has 4 aromatic rings. The summed E-state index contributed by atoms with van der Waals surface area (Å²) in [6.45, 7) is 0.495. The fourth-order valence-electron chi connectivity index (χ4n) is 4.01. The van der Waals surface area contributed by atoms with Crippen molar-refractivity contribution in [2.24, 2.45) is 0 Å². The van der Waals surface area contributed by atoms with Gasteiger partial charge in [-0.1, -0.05) is 54.5 Å². The summed E-state index contributed by atoms with van der Waals surface area (Å²) in [7, 11) is 0. The minimum absolute atomic E-state index is 0.111. The van der Waals surface area contributed by atoms with Crippen molar-refractivity contribution in [1.82, 2.24) is 30.5 Å². The van der Waals surface area contributed by atoms with Gasteiger partial charge in [0.1, 0.15) is 5.69 Å². The number of fused-ring (bicyclic) bond motifs is 1. The number of hydrogen-bond donors (Lipinski definition) is 2. The monoisotopic (exact) mass is 386 g/mol. The lowest BCUT2D eigenvalue weighted by Gasteiger charge is -2.14. The lowest BCUT2D eigenvalue weighted by Crippen LogP contribution is -2.34. The van der Waals surface area contributed by atoms with Crippen molar-refractivity contribution in [2.45, 2.75) is 38.3 Å². The number of aromatic nitrogens is 5. The molecule has 7 nitrogen and oxygen atoms in total. The normalized spacial score (nSPS) is 14.5. The van der Waals surface area contributed by atoms with Crippen LogP contribution in [0.1, 0.15) is 41.7 Å². The molecule has 7 heteroatoms. The van der Waals surface area contributed by atoms with E-state index in [0.29, 0.717) is 17.9 Å². The molecule has 0 atom stereocenters. The Kier molecular flexibility index (Phi) is 4.56. The van der Waals surface area contributed by atoms with E-state index in [4.69, 9.17) is 0 Å². The molecule has 0 aliphatic heterocycles. The highest BCUT2D eigenvalue weighted by molar-refractivity contribution is 5.99. The van der Waals surface area contributed by atoms with Gasteiger partial charge in [-0.3, -0.25) is 9.89 Å². The zero-order chi connectivity index (χ0) is 19.6. The van der Waals surface area contributed by atoms with E-state index in [1.807, 2.05) is 48.5 Å². The molecule has 5 rings (SSSR count). The summed E-state index contributed by atoms with van der Waals surface area (Å²) in [6, 6.07) is 16.1. The van der Waals surface area contributed by atoms with Gasteiger partial charge in [0.25, 0.3) is 5.91 Å². The number of aromatic amines is 1. The lowest BCUT2D eigenvalue weighted by molar-refractivity contribution is 0.0928. The van der Waals surface area contributed by atoms with Crippen LogP contribution in [-0.4, -0.2) is 37.1 Å². The molecule has 2 heterocycles. The van der Waals surface area contributed by atoms with Crippen molar-refractivity contribution in [2.75, 3.05) is 0 Å². The molecular formula is C22H22N6O. The molecule has 29 heavy (non-hydrogen) atoms. The number of carbonyl (C=O) groups is 1. The minimum atomic E-state index is -0.111. The average molecular weight is 386 g/mol. The van der Waals surface area contributed by atoms with Gasteiger partial charge in [0, 0.05) is 17.0 Å². The number of nitrogens with zero attached hydrogens (tertiary/aromatic N) is 4. The van der Waals surface area contributed by atoms with E-state index in [1.54, 1.807) is 10.9 Å². The standard InChI is InChI=1S/C22H22N6O/c29-22(24-18-8-4-5-9-18)21-20(16-10-11-19-17(12-16)13-23-25-19)26-27-28(21)14-15-6-2-1-3-7-15/h1-3,6-7,10-13,18H,4-5,8-9,14H2,(H,23,25)(H,24,29). The van der Waals surface area contributed by atoms with Gasteiger partial charge >= 0.3 is 0 Å². The maximum Gasteiger partial charge on any atom is 0.272 e. The summed E-state index contributed by atoms with van der Waals surface area (Å²) in [5.74, 6) is -0.111. The van der Waals surface area contributed by atoms with Crippen LogP contribution in [0.5, 0.6) is 0 Å². The Hall–Kier alpha value is -3.48. The van der Waals surface area contributed by atoms with Gasteiger partial charge in [-0.05, 0) is 30.5 Å². The van der Waals surface area contributed by atoms with Crippen LogP contribution in [0.4, 0.5) is 0 Å². The first-order chi connectivity index (χ1) is 14.3. The van der Waals surface area contributed by atoms with Crippen LogP contribution in [0.25, 0.3) is 22.2 Å². The molecule has 1 aliphatic rings. The van der Waals surface area contributed by atoms with E-state index in [9.17, 15) is 4.79 Å². The highest BCUT2D eigenvalue weighted by Gasteiger charge is 2.25. The van der Waals surface area contributed by atoms with Gasteiger partial charge in [-0.2, -0.15) is 5.10 Å². The van der Waals surface area contributed by atoms with Crippen LogP contribution in [-0.2, 0) is 6.54 Å². The van der Waals surface area contributed by atoms with Gasteiger partial charge in [0.2, 0.25) is 0 Å². The number of carbonyl (C=O) groups excluding carboxylic acids is 1. The highest BCUT2D eigenvalue weighted by Crippen LogP contribution is 2.26. The van der Waals surface area contributed by atoms with Gasteiger partial charge in [-0.15, -0.1) is 5.10 Å². The van der Waals surface area contributed by atoms with Crippen LogP contribution in [0, 0.1) is 0 Å². The lowest BCUT2D eigenvalue weighted by atomic mass is 10.1. The largest absolute Gasteiger partial charge is 0.348 e. The molecule has 2 aromatic carbocycles. The summed E-state index contributed by atoms with van der Waals surface area (Å²) in [5.41, 5.74) is 3.98. The maximum atomic E-state index is 13.3. The third-order valence-electron chi connectivity index (χ3n) is 5.53. The fraction of sp³-hybridized carbons (Fsp3) is 0.273. The predicted octanol–water partition coefficient (Wildman–Crippen LogP) is 3.54. The Morgan fingerprint density at radius 3 is 2.79 bits per heavy atom. The van der Waals surface area contributed by atoms with Crippen molar-refractivity contribution >= 4 is 16.8 Å². The van der Waals surface area contributed by atoms with Crippen molar-refractivity contribution in [3.8, 4) is 11.3 Å². The molecular weight excluding hydrogens is 364 g/mol. The molecule has 0 spiro atoms.